The molecule has 0 spiro atoms. The van der Waals surface area contributed by atoms with Crippen LogP contribution in [0.3, 0.4) is 0 Å². The van der Waals surface area contributed by atoms with Crippen LogP contribution >= 0.6 is 11.6 Å². The standard InChI is InChI=1S/C22H19ClO2/c1-15-8-10-18(11-9-15)22(24)16(2)25-21-13-12-19(14-20(21)23)17-6-4-3-5-7-17/h3-14,16H,1-2H3/t16-/m1/s1. The third-order valence-corrected chi connectivity index (χ3v) is 4.34. The molecule has 126 valence electrons. The zero-order chi connectivity index (χ0) is 17.8. The van der Waals surface area contributed by atoms with Gasteiger partial charge in [-0.2, -0.15) is 0 Å². The third kappa shape index (κ3) is 4.09. The van der Waals surface area contributed by atoms with Crippen molar-refractivity contribution in [2.24, 2.45) is 0 Å². The molecule has 0 fully saturated rings. The van der Waals surface area contributed by atoms with Gasteiger partial charge in [-0.05, 0) is 37.1 Å². The first kappa shape index (κ1) is 17.2. The van der Waals surface area contributed by atoms with Crippen LogP contribution in [0.2, 0.25) is 5.02 Å². The van der Waals surface area contributed by atoms with Crippen LogP contribution in [0.25, 0.3) is 11.1 Å². The summed E-state index contributed by atoms with van der Waals surface area (Å²) < 4.78 is 5.80. The number of aryl methyl sites for hydroxylation is 1. The molecule has 3 aromatic carbocycles. The van der Waals surface area contributed by atoms with Crippen molar-refractivity contribution >= 4 is 17.4 Å². The predicted octanol–water partition coefficient (Wildman–Crippen LogP) is 5.97. The number of benzene rings is 3. The van der Waals surface area contributed by atoms with E-state index in [0.29, 0.717) is 16.3 Å². The zero-order valence-electron chi connectivity index (χ0n) is 14.2. The van der Waals surface area contributed by atoms with E-state index in [1.807, 2.05) is 79.7 Å². The maximum atomic E-state index is 12.5. The molecule has 0 heterocycles. The summed E-state index contributed by atoms with van der Waals surface area (Å²) in [7, 11) is 0. The number of ether oxygens (including phenoxy) is 1. The molecule has 0 aliphatic rings. The maximum Gasteiger partial charge on any atom is 0.202 e. The van der Waals surface area contributed by atoms with Crippen LogP contribution in [0.4, 0.5) is 0 Å². The minimum absolute atomic E-state index is 0.0665. The third-order valence-electron chi connectivity index (χ3n) is 4.05. The van der Waals surface area contributed by atoms with E-state index in [2.05, 4.69) is 0 Å². The average molecular weight is 351 g/mol. The number of hydrogen-bond donors (Lipinski definition) is 0. The Morgan fingerprint density at radius 2 is 1.60 bits per heavy atom. The largest absolute Gasteiger partial charge is 0.481 e. The van der Waals surface area contributed by atoms with E-state index in [0.717, 1.165) is 16.7 Å². The van der Waals surface area contributed by atoms with Crippen LogP contribution in [-0.2, 0) is 0 Å². The van der Waals surface area contributed by atoms with Gasteiger partial charge in [0.25, 0.3) is 0 Å². The minimum Gasteiger partial charge on any atom is -0.481 e. The van der Waals surface area contributed by atoms with Gasteiger partial charge in [-0.1, -0.05) is 77.8 Å². The molecule has 0 radical (unpaired) electrons. The molecular weight excluding hydrogens is 332 g/mol. The van der Waals surface area contributed by atoms with Gasteiger partial charge < -0.3 is 4.74 Å². The average Bonchev–Trinajstić information content (AvgIpc) is 2.64. The SMILES string of the molecule is Cc1ccc(C(=O)[C@@H](C)Oc2ccc(-c3ccccc3)cc2Cl)cc1. The number of carbonyl (C=O) groups excluding carboxylic acids is 1. The second-order valence-electron chi connectivity index (χ2n) is 6.00. The molecule has 3 aromatic rings. The van der Waals surface area contributed by atoms with Crippen molar-refractivity contribution in [3.05, 3.63) is 88.9 Å². The molecule has 0 saturated heterocycles. The summed E-state index contributed by atoms with van der Waals surface area (Å²) in [4.78, 5) is 12.5. The Kier molecular flexibility index (Phi) is 5.20. The monoisotopic (exact) mass is 350 g/mol. The lowest BCUT2D eigenvalue weighted by Gasteiger charge is -2.15. The summed E-state index contributed by atoms with van der Waals surface area (Å²) >= 11 is 6.36. The molecule has 0 aromatic heterocycles. The van der Waals surface area contributed by atoms with Crippen molar-refractivity contribution in [3.63, 3.8) is 0 Å². The Balaban J connectivity index is 1.76. The van der Waals surface area contributed by atoms with Gasteiger partial charge in [0, 0.05) is 5.56 Å². The molecule has 0 aliphatic carbocycles. The fourth-order valence-corrected chi connectivity index (χ4v) is 2.83. The van der Waals surface area contributed by atoms with Crippen molar-refractivity contribution in [2.75, 3.05) is 0 Å². The Morgan fingerprint density at radius 1 is 0.920 bits per heavy atom. The Hall–Kier alpha value is -2.58. The highest BCUT2D eigenvalue weighted by atomic mass is 35.5. The minimum atomic E-state index is -0.609. The van der Waals surface area contributed by atoms with Crippen molar-refractivity contribution in [1.82, 2.24) is 0 Å². The van der Waals surface area contributed by atoms with E-state index >= 15 is 0 Å². The molecule has 0 aliphatic heterocycles. The van der Waals surface area contributed by atoms with E-state index in [1.165, 1.54) is 0 Å². The fraction of sp³-hybridized carbons (Fsp3) is 0.136. The van der Waals surface area contributed by atoms with Crippen molar-refractivity contribution in [3.8, 4) is 16.9 Å². The number of rotatable bonds is 5. The highest BCUT2D eigenvalue weighted by Crippen LogP contribution is 2.31. The molecule has 1 atom stereocenters. The Bertz CT molecular complexity index is 870. The lowest BCUT2D eigenvalue weighted by atomic mass is 10.0. The van der Waals surface area contributed by atoms with Crippen LogP contribution in [0.15, 0.2) is 72.8 Å². The summed E-state index contributed by atoms with van der Waals surface area (Å²) in [5.41, 5.74) is 3.84. The van der Waals surface area contributed by atoms with E-state index in [1.54, 1.807) is 6.92 Å². The van der Waals surface area contributed by atoms with Gasteiger partial charge in [-0.15, -0.1) is 0 Å². The summed E-state index contributed by atoms with van der Waals surface area (Å²) in [6, 6.07) is 23.1. The maximum absolute atomic E-state index is 12.5. The quantitative estimate of drug-likeness (QED) is 0.530. The van der Waals surface area contributed by atoms with Gasteiger partial charge in [0.15, 0.2) is 6.10 Å². The lowest BCUT2D eigenvalue weighted by molar-refractivity contribution is 0.0818. The number of hydrogen-bond acceptors (Lipinski definition) is 2. The predicted molar refractivity (Wildman–Crippen MR) is 102 cm³/mol. The molecular formula is C22H19ClO2. The molecule has 0 N–H and O–H groups in total. The van der Waals surface area contributed by atoms with E-state index in [9.17, 15) is 4.79 Å². The second-order valence-corrected chi connectivity index (χ2v) is 6.41. The first-order chi connectivity index (χ1) is 12.0. The molecule has 0 amide bonds. The van der Waals surface area contributed by atoms with Crippen molar-refractivity contribution < 1.29 is 9.53 Å². The van der Waals surface area contributed by atoms with E-state index in [4.69, 9.17) is 16.3 Å². The van der Waals surface area contributed by atoms with E-state index < -0.39 is 6.10 Å². The lowest BCUT2D eigenvalue weighted by Crippen LogP contribution is -2.24. The Labute approximate surface area is 153 Å². The highest BCUT2D eigenvalue weighted by Gasteiger charge is 2.18. The Morgan fingerprint density at radius 3 is 2.24 bits per heavy atom. The van der Waals surface area contributed by atoms with Gasteiger partial charge in [0.05, 0.1) is 5.02 Å². The van der Waals surface area contributed by atoms with Gasteiger partial charge in [-0.25, -0.2) is 0 Å². The topological polar surface area (TPSA) is 26.3 Å². The first-order valence-electron chi connectivity index (χ1n) is 8.17. The van der Waals surface area contributed by atoms with Crippen LogP contribution < -0.4 is 4.74 Å². The second kappa shape index (κ2) is 7.54. The summed E-state index contributed by atoms with van der Waals surface area (Å²) in [6.45, 7) is 3.73. The summed E-state index contributed by atoms with van der Waals surface area (Å²) in [6.07, 6.45) is -0.609. The van der Waals surface area contributed by atoms with Gasteiger partial charge in [0.2, 0.25) is 5.78 Å². The molecule has 25 heavy (non-hydrogen) atoms. The molecule has 0 unspecified atom stereocenters. The molecule has 3 heteroatoms. The van der Waals surface area contributed by atoms with E-state index in [-0.39, 0.29) is 5.78 Å². The molecule has 2 nitrogen and oxygen atoms in total. The number of ketones is 1. The number of Topliss-reactive ketones (excluding diaryl/α,β-unsaturated/α-hetero) is 1. The zero-order valence-corrected chi connectivity index (χ0v) is 15.0. The fourth-order valence-electron chi connectivity index (χ4n) is 2.60. The smallest absolute Gasteiger partial charge is 0.202 e. The first-order valence-corrected chi connectivity index (χ1v) is 8.55. The molecule has 0 bridgehead atoms. The summed E-state index contributed by atoms with van der Waals surface area (Å²) in [5.74, 6) is 0.442. The van der Waals surface area contributed by atoms with Crippen molar-refractivity contribution in [2.45, 2.75) is 20.0 Å². The van der Waals surface area contributed by atoms with Crippen LogP contribution in [0, 0.1) is 6.92 Å². The molecule has 0 saturated carbocycles. The van der Waals surface area contributed by atoms with Crippen molar-refractivity contribution in [1.29, 1.82) is 0 Å². The molecule has 3 rings (SSSR count). The van der Waals surface area contributed by atoms with Crippen LogP contribution in [-0.4, -0.2) is 11.9 Å². The summed E-state index contributed by atoms with van der Waals surface area (Å²) in [5, 5.41) is 0.491. The highest BCUT2D eigenvalue weighted by molar-refractivity contribution is 6.32. The number of carbonyl (C=O) groups is 1. The number of halogens is 1. The van der Waals surface area contributed by atoms with Gasteiger partial charge in [0.1, 0.15) is 5.75 Å². The normalized spacial score (nSPS) is 11.8. The van der Waals surface area contributed by atoms with Crippen LogP contribution in [0.1, 0.15) is 22.8 Å². The van der Waals surface area contributed by atoms with Crippen LogP contribution in [0.5, 0.6) is 5.75 Å². The van der Waals surface area contributed by atoms with Gasteiger partial charge >= 0.3 is 0 Å². The van der Waals surface area contributed by atoms with Gasteiger partial charge in [-0.3, -0.25) is 4.79 Å².